The molecule has 0 unspecified atom stereocenters. The second-order valence-corrected chi connectivity index (χ2v) is 4.86. The van der Waals surface area contributed by atoms with Crippen LogP contribution in [0.3, 0.4) is 0 Å². The van der Waals surface area contributed by atoms with Crippen LogP contribution in [0.25, 0.3) is 0 Å². The molecule has 1 aliphatic carbocycles. The zero-order valence-corrected chi connectivity index (χ0v) is 11.3. The van der Waals surface area contributed by atoms with Crippen LogP contribution in [0, 0.1) is 5.82 Å². The average Bonchev–Trinajstić information content (AvgIpc) is 2.93. The van der Waals surface area contributed by atoms with Gasteiger partial charge in [-0.15, -0.1) is 0 Å². The quantitative estimate of drug-likeness (QED) is 0.819. The summed E-state index contributed by atoms with van der Waals surface area (Å²) in [5, 5.41) is 0. The van der Waals surface area contributed by atoms with Crippen LogP contribution < -0.4 is 4.74 Å². The van der Waals surface area contributed by atoms with Crippen LogP contribution in [0.5, 0.6) is 5.75 Å². The highest BCUT2D eigenvalue weighted by Crippen LogP contribution is 2.23. The first-order valence-electron chi connectivity index (χ1n) is 6.88. The Hall–Kier alpha value is -1.58. The zero-order valence-electron chi connectivity index (χ0n) is 11.3. The van der Waals surface area contributed by atoms with E-state index in [9.17, 15) is 9.18 Å². The molecule has 1 aromatic rings. The van der Waals surface area contributed by atoms with Gasteiger partial charge in [0.05, 0.1) is 0 Å². The fraction of sp³-hybridized carbons (Fsp3) is 0.533. The van der Waals surface area contributed by atoms with Gasteiger partial charge in [-0.1, -0.05) is 12.8 Å². The van der Waals surface area contributed by atoms with E-state index in [0.29, 0.717) is 11.8 Å². The maximum absolute atomic E-state index is 12.7. The molecule has 1 fully saturated rings. The molecule has 1 aromatic carbocycles. The number of hydrogen-bond donors (Lipinski definition) is 0. The predicted molar refractivity (Wildman–Crippen MR) is 71.5 cm³/mol. The van der Waals surface area contributed by atoms with E-state index in [1.807, 2.05) is 11.8 Å². The summed E-state index contributed by atoms with van der Waals surface area (Å²) >= 11 is 0. The molecule has 1 amide bonds. The monoisotopic (exact) mass is 265 g/mol. The molecular formula is C15H20FNO2. The average molecular weight is 265 g/mol. The Labute approximate surface area is 113 Å². The second kappa shape index (κ2) is 6.55. The summed E-state index contributed by atoms with van der Waals surface area (Å²) in [6, 6.07) is 6.10. The third-order valence-electron chi connectivity index (χ3n) is 3.60. The van der Waals surface area contributed by atoms with Gasteiger partial charge in [-0.05, 0) is 44.0 Å². The van der Waals surface area contributed by atoms with Crippen molar-refractivity contribution in [3.05, 3.63) is 30.1 Å². The van der Waals surface area contributed by atoms with E-state index >= 15 is 0 Å². The number of ether oxygens (including phenoxy) is 1. The highest BCUT2D eigenvalue weighted by atomic mass is 19.1. The number of halogens is 1. The Morgan fingerprint density at radius 2 is 1.95 bits per heavy atom. The molecule has 0 spiro atoms. The highest BCUT2D eigenvalue weighted by Gasteiger charge is 2.25. The first kappa shape index (κ1) is 13.8. The van der Waals surface area contributed by atoms with Gasteiger partial charge >= 0.3 is 0 Å². The molecule has 3 nitrogen and oxygen atoms in total. The van der Waals surface area contributed by atoms with Gasteiger partial charge < -0.3 is 9.64 Å². The smallest absolute Gasteiger partial charge is 0.260 e. The standard InChI is InChI=1S/C15H20FNO2/c1-2-17(13-5-3-4-6-13)15(18)11-19-14-9-7-12(16)8-10-14/h7-10,13H,2-6,11H2,1H3. The minimum atomic E-state index is -0.306. The number of rotatable bonds is 5. The van der Waals surface area contributed by atoms with Crippen molar-refractivity contribution >= 4 is 5.91 Å². The largest absolute Gasteiger partial charge is 0.484 e. The molecule has 0 bridgehead atoms. The summed E-state index contributed by atoms with van der Waals surface area (Å²) in [7, 11) is 0. The summed E-state index contributed by atoms with van der Waals surface area (Å²) in [5.41, 5.74) is 0. The molecule has 1 saturated carbocycles. The van der Waals surface area contributed by atoms with Gasteiger partial charge in [0, 0.05) is 12.6 Å². The number of hydrogen-bond acceptors (Lipinski definition) is 2. The molecule has 19 heavy (non-hydrogen) atoms. The van der Waals surface area contributed by atoms with Crippen molar-refractivity contribution in [3.63, 3.8) is 0 Å². The Balaban J connectivity index is 1.86. The van der Waals surface area contributed by atoms with Gasteiger partial charge in [-0.3, -0.25) is 4.79 Å². The van der Waals surface area contributed by atoms with Crippen LogP contribution in [0.2, 0.25) is 0 Å². The van der Waals surface area contributed by atoms with Gasteiger partial charge in [0.2, 0.25) is 0 Å². The van der Waals surface area contributed by atoms with Crippen molar-refractivity contribution in [1.82, 2.24) is 4.90 Å². The van der Waals surface area contributed by atoms with E-state index in [1.54, 1.807) is 0 Å². The van der Waals surface area contributed by atoms with Gasteiger partial charge in [-0.25, -0.2) is 4.39 Å². The second-order valence-electron chi connectivity index (χ2n) is 4.86. The Kier molecular flexibility index (Phi) is 4.77. The molecule has 0 N–H and O–H groups in total. The van der Waals surface area contributed by atoms with Crippen molar-refractivity contribution in [3.8, 4) is 5.75 Å². The fourth-order valence-corrected chi connectivity index (χ4v) is 2.61. The van der Waals surface area contributed by atoms with Gasteiger partial charge in [0.25, 0.3) is 5.91 Å². The summed E-state index contributed by atoms with van der Waals surface area (Å²) in [5.74, 6) is 0.232. The summed E-state index contributed by atoms with van der Waals surface area (Å²) in [6.07, 6.45) is 4.59. The summed E-state index contributed by atoms with van der Waals surface area (Å²) in [4.78, 5) is 14.0. The number of amides is 1. The molecule has 104 valence electrons. The molecule has 0 radical (unpaired) electrons. The maximum atomic E-state index is 12.7. The van der Waals surface area contributed by atoms with Crippen molar-refractivity contribution in [1.29, 1.82) is 0 Å². The van der Waals surface area contributed by atoms with E-state index in [1.165, 1.54) is 37.1 Å². The Morgan fingerprint density at radius 3 is 2.53 bits per heavy atom. The fourth-order valence-electron chi connectivity index (χ4n) is 2.61. The van der Waals surface area contributed by atoms with E-state index in [0.717, 1.165) is 19.4 Å². The minimum Gasteiger partial charge on any atom is -0.484 e. The molecule has 2 rings (SSSR count). The lowest BCUT2D eigenvalue weighted by Crippen LogP contribution is -2.41. The normalized spacial score (nSPS) is 15.5. The minimum absolute atomic E-state index is 0.0127. The lowest BCUT2D eigenvalue weighted by Gasteiger charge is -2.27. The Bertz CT molecular complexity index is 413. The van der Waals surface area contributed by atoms with Crippen LogP contribution >= 0.6 is 0 Å². The van der Waals surface area contributed by atoms with Crippen LogP contribution in [-0.2, 0) is 4.79 Å². The lowest BCUT2D eigenvalue weighted by atomic mass is 10.2. The van der Waals surface area contributed by atoms with Crippen LogP contribution in [-0.4, -0.2) is 30.0 Å². The molecule has 0 aliphatic heterocycles. The molecule has 0 heterocycles. The molecular weight excluding hydrogens is 245 g/mol. The number of nitrogens with zero attached hydrogens (tertiary/aromatic N) is 1. The molecule has 1 aliphatic rings. The molecule has 0 saturated heterocycles. The maximum Gasteiger partial charge on any atom is 0.260 e. The van der Waals surface area contributed by atoms with Crippen LogP contribution in [0.15, 0.2) is 24.3 Å². The van der Waals surface area contributed by atoms with Crippen LogP contribution in [0.4, 0.5) is 4.39 Å². The van der Waals surface area contributed by atoms with E-state index in [4.69, 9.17) is 4.74 Å². The third-order valence-corrected chi connectivity index (χ3v) is 3.60. The first-order valence-corrected chi connectivity index (χ1v) is 6.88. The Morgan fingerprint density at radius 1 is 1.32 bits per heavy atom. The molecule has 0 aromatic heterocycles. The van der Waals surface area contributed by atoms with E-state index in [2.05, 4.69) is 0 Å². The zero-order chi connectivity index (χ0) is 13.7. The SMILES string of the molecule is CCN(C(=O)COc1ccc(F)cc1)C1CCCC1. The lowest BCUT2D eigenvalue weighted by molar-refractivity contribution is -0.135. The van der Waals surface area contributed by atoms with E-state index in [-0.39, 0.29) is 18.3 Å². The number of carbonyl (C=O) groups is 1. The first-order chi connectivity index (χ1) is 9.20. The van der Waals surface area contributed by atoms with Crippen molar-refractivity contribution in [2.45, 2.75) is 38.6 Å². The van der Waals surface area contributed by atoms with Crippen molar-refractivity contribution in [2.24, 2.45) is 0 Å². The number of carbonyl (C=O) groups excluding carboxylic acids is 1. The highest BCUT2D eigenvalue weighted by molar-refractivity contribution is 5.78. The summed E-state index contributed by atoms with van der Waals surface area (Å²) in [6.45, 7) is 2.74. The van der Waals surface area contributed by atoms with E-state index < -0.39 is 0 Å². The van der Waals surface area contributed by atoms with Gasteiger partial charge in [-0.2, -0.15) is 0 Å². The summed E-state index contributed by atoms with van der Waals surface area (Å²) < 4.78 is 18.1. The molecule has 0 atom stereocenters. The van der Waals surface area contributed by atoms with Crippen LogP contribution in [0.1, 0.15) is 32.6 Å². The number of benzene rings is 1. The van der Waals surface area contributed by atoms with Gasteiger partial charge in [0.1, 0.15) is 11.6 Å². The third kappa shape index (κ3) is 3.69. The van der Waals surface area contributed by atoms with Gasteiger partial charge in [0.15, 0.2) is 6.61 Å². The van der Waals surface area contributed by atoms with Crippen molar-refractivity contribution in [2.75, 3.05) is 13.2 Å². The van der Waals surface area contributed by atoms with Crippen molar-refractivity contribution < 1.29 is 13.9 Å². The predicted octanol–water partition coefficient (Wildman–Crippen LogP) is 3.00. The number of likely N-dealkylation sites (N-methyl/N-ethyl adjacent to an activating group) is 1. The molecule has 4 heteroatoms. The topological polar surface area (TPSA) is 29.5 Å².